The van der Waals surface area contributed by atoms with E-state index in [0.717, 1.165) is 21.7 Å². The second-order valence-electron chi connectivity index (χ2n) is 7.20. The summed E-state index contributed by atoms with van der Waals surface area (Å²) in [7, 11) is 1.54. The van der Waals surface area contributed by atoms with Gasteiger partial charge in [-0.3, -0.25) is 9.48 Å². The van der Waals surface area contributed by atoms with Gasteiger partial charge in [-0.25, -0.2) is 4.79 Å². The Labute approximate surface area is 195 Å². The van der Waals surface area contributed by atoms with Crippen LogP contribution < -0.4 is 16.0 Å². The number of benzene rings is 2. The molecule has 2 aromatic carbocycles. The molecule has 0 bridgehead atoms. The van der Waals surface area contributed by atoms with Crippen molar-refractivity contribution in [2.24, 2.45) is 0 Å². The number of nitrogens with zero attached hydrogens (tertiary/aromatic N) is 2. The molecule has 0 saturated heterocycles. The Hall–Kier alpha value is -4.17. The van der Waals surface area contributed by atoms with Crippen LogP contribution in [-0.2, 0) is 11.3 Å². The van der Waals surface area contributed by atoms with Crippen molar-refractivity contribution in [2.75, 3.05) is 17.7 Å². The van der Waals surface area contributed by atoms with Gasteiger partial charge >= 0.3 is 6.03 Å². The monoisotopic (exact) mass is 457 g/mol. The van der Waals surface area contributed by atoms with Crippen LogP contribution in [0.4, 0.5) is 16.2 Å². The fourth-order valence-electron chi connectivity index (χ4n) is 3.23. The lowest BCUT2D eigenvalue weighted by Crippen LogP contribution is -2.24. The van der Waals surface area contributed by atoms with E-state index in [9.17, 15) is 9.59 Å². The number of amides is 3. The molecule has 0 atom stereocenters. The molecule has 2 aromatic heterocycles. The lowest BCUT2D eigenvalue weighted by atomic mass is 10.2. The van der Waals surface area contributed by atoms with Crippen LogP contribution in [0.2, 0.25) is 0 Å². The summed E-state index contributed by atoms with van der Waals surface area (Å²) >= 11 is 1.61. The molecule has 8 heteroatoms. The van der Waals surface area contributed by atoms with Crippen LogP contribution in [0.15, 0.2) is 84.4 Å². The maximum atomic E-state index is 12.5. The highest BCUT2D eigenvalue weighted by Gasteiger charge is 2.11. The van der Waals surface area contributed by atoms with Gasteiger partial charge in [-0.2, -0.15) is 5.10 Å². The number of urea groups is 1. The van der Waals surface area contributed by atoms with Gasteiger partial charge in [0.05, 0.1) is 11.4 Å². The molecule has 0 radical (unpaired) electrons. The molecular formula is C25H23N5O2S. The second-order valence-corrected chi connectivity index (χ2v) is 8.15. The minimum Gasteiger partial charge on any atom is -0.341 e. The van der Waals surface area contributed by atoms with Gasteiger partial charge in [0.2, 0.25) is 5.91 Å². The molecule has 3 amide bonds. The third kappa shape index (κ3) is 5.96. The molecule has 4 rings (SSSR count). The van der Waals surface area contributed by atoms with Crippen molar-refractivity contribution in [3.8, 4) is 10.6 Å². The maximum absolute atomic E-state index is 12.5. The Kier molecular flexibility index (Phi) is 6.96. The van der Waals surface area contributed by atoms with Crippen LogP contribution in [0.25, 0.3) is 16.6 Å². The summed E-state index contributed by atoms with van der Waals surface area (Å²) in [5.41, 5.74) is 4.01. The quantitative estimate of drug-likeness (QED) is 0.339. The molecule has 0 aliphatic rings. The first-order chi connectivity index (χ1) is 16.1. The molecule has 33 heavy (non-hydrogen) atoms. The highest BCUT2D eigenvalue weighted by molar-refractivity contribution is 7.13. The summed E-state index contributed by atoms with van der Waals surface area (Å²) in [6, 6.07) is 20.7. The highest BCUT2D eigenvalue weighted by Crippen LogP contribution is 2.28. The number of carbonyl (C=O) groups is 2. The normalized spacial score (nSPS) is 10.8. The van der Waals surface area contributed by atoms with Gasteiger partial charge in [0.25, 0.3) is 0 Å². The van der Waals surface area contributed by atoms with Gasteiger partial charge < -0.3 is 16.0 Å². The average Bonchev–Trinajstić information content (AvgIpc) is 3.48. The first-order valence-corrected chi connectivity index (χ1v) is 11.2. The van der Waals surface area contributed by atoms with Crippen molar-refractivity contribution in [1.82, 2.24) is 15.1 Å². The van der Waals surface area contributed by atoms with Crippen molar-refractivity contribution in [3.63, 3.8) is 0 Å². The zero-order valence-electron chi connectivity index (χ0n) is 18.0. The Morgan fingerprint density at radius 1 is 1.00 bits per heavy atom. The molecule has 166 valence electrons. The van der Waals surface area contributed by atoms with E-state index in [0.29, 0.717) is 17.9 Å². The van der Waals surface area contributed by atoms with Gasteiger partial charge in [-0.05, 0) is 41.3 Å². The summed E-state index contributed by atoms with van der Waals surface area (Å²) in [4.78, 5) is 25.1. The van der Waals surface area contributed by atoms with Gasteiger partial charge in [0.1, 0.15) is 5.69 Å². The van der Waals surface area contributed by atoms with Gasteiger partial charge in [0, 0.05) is 36.3 Å². The van der Waals surface area contributed by atoms with E-state index >= 15 is 0 Å². The number of anilines is 2. The molecule has 0 saturated carbocycles. The first-order valence-electron chi connectivity index (χ1n) is 10.3. The van der Waals surface area contributed by atoms with E-state index in [4.69, 9.17) is 5.10 Å². The number of aromatic nitrogens is 2. The Bertz CT molecular complexity index is 1260. The molecule has 3 N–H and O–H groups in total. The van der Waals surface area contributed by atoms with Gasteiger partial charge in [-0.1, -0.05) is 42.5 Å². The number of rotatable bonds is 7. The molecule has 0 aliphatic heterocycles. The van der Waals surface area contributed by atoms with Crippen molar-refractivity contribution < 1.29 is 9.59 Å². The summed E-state index contributed by atoms with van der Waals surface area (Å²) < 4.78 is 1.88. The molecule has 0 unspecified atom stereocenters. The molecule has 0 fully saturated rings. The standard InChI is InChI=1S/C25H23N5O2S/c1-26-25(32)28-21-10-5-9-20(15-21)27-23(31)13-12-19-17-30(16-18-7-3-2-4-8-18)29-24(19)22-11-6-14-33-22/h2-15,17H,16H2,1H3,(H,27,31)(H2,26,28,32)/b13-12+. The van der Waals surface area contributed by atoms with Gasteiger partial charge in [-0.15, -0.1) is 11.3 Å². The number of hydrogen-bond acceptors (Lipinski definition) is 4. The minimum atomic E-state index is -0.327. The van der Waals surface area contributed by atoms with Crippen molar-refractivity contribution in [2.45, 2.75) is 6.54 Å². The van der Waals surface area contributed by atoms with Crippen molar-refractivity contribution >= 4 is 40.7 Å². The minimum absolute atomic E-state index is 0.278. The van der Waals surface area contributed by atoms with Crippen LogP contribution >= 0.6 is 11.3 Å². The first kappa shape index (κ1) is 22.0. The van der Waals surface area contributed by atoms with E-state index in [1.54, 1.807) is 41.7 Å². The highest BCUT2D eigenvalue weighted by atomic mass is 32.1. The molecule has 0 aliphatic carbocycles. The topological polar surface area (TPSA) is 88.0 Å². The second kappa shape index (κ2) is 10.4. The van der Waals surface area contributed by atoms with E-state index in [1.807, 2.05) is 46.6 Å². The van der Waals surface area contributed by atoms with Crippen molar-refractivity contribution in [1.29, 1.82) is 0 Å². The lowest BCUT2D eigenvalue weighted by molar-refractivity contribution is -0.111. The average molecular weight is 458 g/mol. The van der Waals surface area contributed by atoms with Crippen LogP contribution in [-0.4, -0.2) is 28.8 Å². The fraction of sp³-hybridized carbons (Fsp3) is 0.0800. The van der Waals surface area contributed by atoms with E-state index in [2.05, 4.69) is 28.1 Å². The number of carbonyl (C=O) groups excluding carboxylic acids is 2. The SMILES string of the molecule is CNC(=O)Nc1cccc(NC(=O)/C=C/c2cn(Cc3ccccc3)nc2-c2cccs2)c1. The summed E-state index contributed by atoms with van der Waals surface area (Å²) in [6.45, 7) is 0.643. The maximum Gasteiger partial charge on any atom is 0.318 e. The van der Waals surface area contributed by atoms with Crippen LogP contribution in [0, 0.1) is 0 Å². The Balaban J connectivity index is 1.50. The zero-order valence-corrected chi connectivity index (χ0v) is 18.8. The lowest BCUT2D eigenvalue weighted by Gasteiger charge is -2.07. The molecule has 7 nitrogen and oxygen atoms in total. The van der Waals surface area contributed by atoms with Crippen LogP contribution in [0.3, 0.4) is 0 Å². The molecule has 0 spiro atoms. The smallest absolute Gasteiger partial charge is 0.318 e. The molecular weight excluding hydrogens is 434 g/mol. The Morgan fingerprint density at radius 2 is 1.79 bits per heavy atom. The zero-order chi connectivity index (χ0) is 23.0. The van der Waals surface area contributed by atoms with E-state index in [1.165, 1.54) is 13.1 Å². The van der Waals surface area contributed by atoms with Crippen molar-refractivity contribution in [3.05, 3.63) is 95.5 Å². The third-order valence-corrected chi connectivity index (χ3v) is 5.64. The largest absolute Gasteiger partial charge is 0.341 e. The van der Waals surface area contributed by atoms with E-state index in [-0.39, 0.29) is 11.9 Å². The molecule has 2 heterocycles. The van der Waals surface area contributed by atoms with Crippen LogP contribution in [0.5, 0.6) is 0 Å². The summed E-state index contributed by atoms with van der Waals surface area (Å²) in [5.74, 6) is -0.278. The van der Waals surface area contributed by atoms with Crippen LogP contribution in [0.1, 0.15) is 11.1 Å². The third-order valence-electron chi connectivity index (χ3n) is 4.76. The number of hydrogen-bond donors (Lipinski definition) is 3. The summed E-state index contributed by atoms with van der Waals surface area (Å²) in [5, 5.41) is 14.8. The molecule has 4 aromatic rings. The Morgan fingerprint density at radius 3 is 2.52 bits per heavy atom. The fourth-order valence-corrected chi connectivity index (χ4v) is 3.96. The van der Waals surface area contributed by atoms with Gasteiger partial charge in [0.15, 0.2) is 0 Å². The predicted molar refractivity (Wildman–Crippen MR) is 133 cm³/mol. The number of thiophene rings is 1. The van der Waals surface area contributed by atoms with E-state index < -0.39 is 0 Å². The predicted octanol–water partition coefficient (Wildman–Crippen LogP) is 5.06. The summed E-state index contributed by atoms with van der Waals surface area (Å²) in [6.07, 6.45) is 5.20. The number of nitrogens with one attached hydrogen (secondary N) is 3.